The number of benzene rings is 1. The van der Waals surface area contributed by atoms with Crippen molar-refractivity contribution in [2.75, 3.05) is 0 Å². The molecule has 1 aromatic carbocycles. The Balaban J connectivity index is 2.90. The van der Waals surface area contributed by atoms with Gasteiger partial charge >= 0.3 is 6.18 Å². The molecule has 94 valence electrons. The van der Waals surface area contributed by atoms with Crippen LogP contribution in [0.5, 0.6) is 0 Å². The molecule has 0 aliphatic rings. The maximum absolute atomic E-state index is 12.2. The molecule has 1 unspecified atom stereocenters. The molecule has 0 radical (unpaired) electrons. The van der Waals surface area contributed by atoms with Gasteiger partial charge in [0.2, 0.25) is 5.91 Å². The van der Waals surface area contributed by atoms with E-state index in [0.717, 1.165) is 0 Å². The van der Waals surface area contributed by atoms with Gasteiger partial charge in [0.1, 0.15) is 0 Å². The van der Waals surface area contributed by atoms with Crippen LogP contribution in [0.1, 0.15) is 12.0 Å². The monoisotopic (exact) mass is 247 g/mol. The lowest BCUT2D eigenvalue weighted by molar-refractivity contribution is -0.182. The van der Waals surface area contributed by atoms with E-state index in [4.69, 9.17) is 5.73 Å². The Morgan fingerprint density at radius 3 is 2.18 bits per heavy atom. The molecule has 0 saturated heterocycles. The van der Waals surface area contributed by atoms with Crippen LogP contribution in [0.2, 0.25) is 0 Å². The van der Waals surface area contributed by atoms with Crippen LogP contribution in [0.25, 0.3) is 0 Å². The predicted octanol–water partition coefficient (Wildman–Crippen LogP) is 1.40. The van der Waals surface area contributed by atoms with Crippen LogP contribution < -0.4 is 5.73 Å². The summed E-state index contributed by atoms with van der Waals surface area (Å²) in [5.74, 6) is -1.38. The van der Waals surface area contributed by atoms with Crippen LogP contribution in [0, 0.1) is 0 Å². The third-order valence-electron chi connectivity index (χ3n) is 2.29. The van der Waals surface area contributed by atoms with Crippen molar-refractivity contribution in [1.29, 1.82) is 0 Å². The molecular weight excluding hydrogens is 235 g/mol. The number of carbonyl (C=O) groups excluding carboxylic acids is 1. The number of nitrogens with two attached hydrogens (primary N) is 1. The standard InChI is InChI=1S/C11H12F3NO2/c12-11(13,14)7-10(17,9(15)16)6-8-4-2-1-3-5-8/h1-5,17H,6-7H2,(H2,15,16). The lowest BCUT2D eigenvalue weighted by atomic mass is 9.90. The first-order valence-corrected chi connectivity index (χ1v) is 4.86. The summed E-state index contributed by atoms with van der Waals surface area (Å²) in [6.07, 6.45) is -6.76. The topological polar surface area (TPSA) is 63.3 Å². The molecule has 0 saturated carbocycles. The number of alkyl halides is 3. The largest absolute Gasteiger partial charge is 0.392 e. The maximum atomic E-state index is 12.2. The Kier molecular flexibility index (Phi) is 3.77. The Morgan fingerprint density at radius 2 is 1.76 bits per heavy atom. The molecule has 0 spiro atoms. The molecule has 0 bridgehead atoms. The maximum Gasteiger partial charge on any atom is 0.392 e. The van der Waals surface area contributed by atoms with Crippen molar-refractivity contribution in [3.8, 4) is 0 Å². The summed E-state index contributed by atoms with van der Waals surface area (Å²) in [5, 5.41) is 9.68. The van der Waals surface area contributed by atoms with Crippen LogP contribution in [-0.4, -0.2) is 22.8 Å². The van der Waals surface area contributed by atoms with Crippen LogP contribution in [0.4, 0.5) is 13.2 Å². The van der Waals surface area contributed by atoms with Crippen molar-refractivity contribution in [2.24, 2.45) is 5.73 Å². The van der Waals surface area contributed by atoms with Crippen molar-refractivity contribution in [3.63, 3.8) is 0 Å². The van der Waals surface area contributed by atoms with Gasteiger partial charge in [0.25, 0.3) is 0 Å². The highest BCUT2D eigenvalue weighted by Crippen LogP contribution is 2.29. The normalized spacial score (nSPS) is 15.3. The number of amides is 1. The number of hydrogen-bond acceptors (Lipinski definition) is 2. The molecule has 0 fully saturated rings. The third kappa shape index (κ3) is 4.07. The molecule has 0 heterocycles. The van der Waals surface area contributed by atoms with E-state index < -0.39 is 30.5 Å². The molecule has 1 aromatic rings. The molecule has 1 rings (SSSR count). The minimum absolute atomic E-state index is 0.415. The van der Waals surface area contributed by atoms with Gasteiger partial charge in [-0.3, -0.25) is 4.79 Å². The van der Waals surface area contributed by atoms with Crippen LogP contribution >= 0.6 is 0 Å². The predicted molar refractivity (Wildman–Crippen MR) is 55.0 cm³/mol. The minimum atomic E-state index is -4.65. The summed E-state index contributed by atoms with van der Waals surface area (Å²) in [5.41, 5.74) is 2.65. The fraction of sp³-hybridized carbons (Fsp3) is 0.364. The summed E-state index contributed by atoms with van der Waals surface area (Å²) in [6, 6.07) is 7.92. The molecule has 0 aromatic heterocycles. The highest BCUT2D eigenvalue weighted by molar-refractivity contribution is 5.83. The van der Waals surface area contributed by atoms with Crippen LogP contribution in [-0.2, 0) is 11.2 Å². The van der Waals surface area contributed by atoms with Gasteiger partial charge in [0, 0.05) is 6.42 Å². The van der Waals surface area contributed by atoms with E-state index in [1.165, 1.54) is 12.1 Å². The van der Waals surface area contributed by atoms with Crippen LogP contribution in [0.3, 0.4) is 0 Å². The summed E-state index contributed by atoms with van der Waals surface area (Å²) in [7, 11) is 0. The second kappa shape index (κ2) is 4.75. The zero-order valence-corrected chi connectivity index (χ0v) is 8.87. The van der Waals surface area contributed by atoms with Gasteiger partial charge in [-0.25, -0.2) is 0 Å². The Morgan fingerprint density at radius 1 is 1.24 bits per heavy atom. The lowest BCUT2D eigenvalue weighted by Crippen LogP contribution is -2.48. The first kappa shape index (κ1) is 13.5. The van der Waals surface area contributed by atoms with E-state index in [2.05, 4.69) is 0 Å². The first-order valence-electron chi connectivity index (χ1n) is 4.86. The molecule has 1 atom stereocenters. The van der Waals surface area contributed by atoms with E-state index in [0.29, 0.717) is 5.56 Å². The van der Waals surface area contributed by atoms with Gasteiger partial charge in [-0.1, -0.05) is 30.3 Å². The zero-order valence-electron chi connectivity index (χ0n) is 8.87. The highest BCUT2D eigenvalue weighted by atomic mass is 19.4. The Bertz CT molecular complexity index is 391. The van der Waals surface area contributed by atoms with E-state index in [1.807, 2.05) is 0 Å². The number of hydrogen-bond donors (Lipinski definition) is 2. The van der Waals surface area contributed by atoms with Gasteiger partial charge in [-0.15, -0.1) is 0 Å². The molecule has 0 aliphatic carbocycles. The van der Waals surface area contributed by atoms with Crippen molar-refractivity contribution in [2.45, 2.75) is 24.6 Å². The minimum Gasteiger partial charge on any atom is -0.379 e. The number of aliphatic hydroxyl groups is 1. The molecule has 6 heteroatoms. The van der Waals surface area contributed by atoms with Crippen molar-refractivity contribution in [1.82, 2.24) is 0 Å². The van der Waals surface area contributed by atoms with Gasteiger partial charge in [0.05, 0.1) is 6.42 Å². The van der Waals surface area contributed by atoms with E-state index >= 15 is 0 Å². The van der Waals surface area contributed by atoms with Gasteiger partial charge in [-0.05, 0) is 5.56 Å². The van der Waals surface area contributed by atoms with E-state index in [-0.39, 0.29) is 0 Å². The van der Waals surface area contributed by atoms with Crippen molar-refractivity contribution in [3.05, 3.63) is 35.9 Å². The smallest absolute Gasteiger partial charge is 0.379 e. The average Bonchev–Trinajstić information content (AvgIpc) is 2.15. The summed E-state index contributed by atoms with van der Waals surface area (Å²) in [6.45, 7) is 0. The summed E-state index contributed by atoms with van der Waals surface area (Å²) >= 11 is 0. The van der Waals surface area contributed by atoms with Gasteiger partial charge in [-0.2, -0.15) is 13.2 Å². The Labute approximate surface area is 96.0 Å². The molecule has 17 heavy (non-hydrogen) atoms. The van der Waals surface area contributed by atoms with Gasteiger partial charge < -0.3 is 10.8 Å². The summed E-state index contributed by atoms with van der Waals surface area (Å²) in [4.78, 5) is 11.0. The second-order valence-electron chi connectivity index (χ2n) is 3.85. The number of rotatable bonds is 4. The second-order valence-corrected chi connectivity index (χ2v) is 3.85. The van der Waals surface area contributed by atoms with E-state index in [1.54, 1.807) is 18.2 Å². The van der Waals surface area contributed by atoms with Crippen molar-refractivity contribution >= 4 is 5.91 Å². The van der Waals surface area contributed by atoms with Crippen LogP contribution in [0.15, 0.2) is 30.3 Å². The molecule has 3 nitrogen and oxygen atoms in total. The number of primary amides is 1. The first-order chi connectivity index (χ1) is 7.73. The molecular formula is C11H12F3NO2. The average molecular weight is 247 g/mol. The Hall–Kier alpha value is -1.56. The summed E-state index contributed by atoms with van der Waals surface area (Å²) < 4.78 is 36.7. The van der Waals surface area contributed by atoms with Gasteiger partial charge in [0.15, 0.2) is 5.60 Å². The highest BCUT2D eigenvalue weighted by Gasteiger charge is 2.45. The fourth-order valence-electron chi connectivity index (χ4n) is 1.50. The molecule has 1 amide bonds. The fourth-order valence-corrected chi connectivity index (χ4v) is 1.50. The number of halogens is 3. The third-order valence-corrected chi connectivity index (χ3v) is 2.29. The lowest BCUT2D eigenvalue weighted by Gasteiger charge is -2.25. The number of carbonyl (C=O) groups is 1. The SMILES string of the molecule is NC(=O)C(O)(Cc1ccccc1)CC(F)(F)F. The molecule has 0 aliphatic heterocycles. The molecule has 3 N–H and O–H groups in total. The van der Waals surface area contributed by atoms with Crippen molar-refractivity contribution < 1.29 is 23.1 Å². The zero-order chi connectivity index (χ0) is 13.1. The quantitative estimate of drug-likeness (QED) is 0.844. The van der Waals surface area contributed by atoms with E-state index in [9.17, 15) is 23.1 Å².